The van der Waals surface area contributed by atoms with Crippen molar-refractivity contribution in [3.05, 3.63) is 35.4 Å². The van der Waals surface area contributed by atoms with E-state index in [1.54, 1.807) is 5.56 Å². The van der Waals surface area contributed by atoms with Gasteiger partial charge < -0.3 is 5.32 Å². The monoisotopic (exact) mass is 203 g/mol. The molecule has 1 nitrogen and oxygen atoms in total. The molecule has 1 heteroatoms. The molecule has 0 radical (unpaired) electrons. The van der Waals surface area contributed by atoms with Gasteiger partial charge in [0, 0.05) is 6.04 Å². The minimum atomic E-state index is 0.505. The van der Waals surface area contributed by atoms with Gasteiger partial charge in [0.1, 0.15) is 0 Å². The van der Waals surface area contributed by atoms with Gasteiger partial charge in [0.25, 0.3) is 0 Å². The summed E-state index contributed by atoms with van der Waals surface area (Å²) in [6, 6.07) is 9.41. The number of hydrogen-bond acceptors (Lipinski definition) is 1. The van der Waals surface area contributed by atoms with E-state index in [1.165, 1.54) is 12.0 Å². The van der Waals surface area contributed by atoms with Crippen molar-refractivity contribution >= 4 is 0 Å². The summed E-state index contributed by atoms with van der Waals surface area (Å²) in [6.45, 7) is 8.06. The highest BCUT2D eigenvalue weighted by Gasteiger charge is 2.23. The molecular formula is C14H21N. The lowest BCUT2D eigenvalue weighted by Gasteiger charge is -2.21. The van der Waals surface area contributed by atoms with E-state index in [9.17, 15) is 0 Å². The summed E-state index contributed by atoms with van der Waals surface area (Å²) < 4.78 is 0. The Morgan fingerprint density at radius 1 is 1.20 bits per heavy atom. The quantitative estimate of drug-likeness (QED) is 0.737. The average molecular weight is 203 g/mol. The molecule has 82 valence electrons. The van der Waals surface area contributed by atoms with Crippen molar-refractivity contribution in [3.63, 3.8) is 0 Å². The predicted octanol–water partition coefficient (Wildman–Crippen LogP) is 3.48. The van der Waals surface area contributed by atoms with Crippen LogP contribution in [0, 0.1) is 5.92 Å². The summed E-state index contributed by atoms with van der Waals surface area (Å²) in [5.41, 5.74) is 3.05. The van der Waals surface area contributed by atoms with Crippen molar-refractivity contribution in [1.82, 2.24) is 5.32 Å². The van der Waals surface area contributed by atoms with Crippen LogP contribution in [0.15, 0.2) is 24.3 Å². The van der Waals surface area contributed by atoms with Gasteiger partial charge in [-0.1, -0.05) is 38.1 Å². The number of benzene rings is 1. The molecule has 0 aromatic heterocycles. The third-order valence-electron chi connectivity index (χ3n) is 3.57. The van der Waals surface area contributed by atoms with Gasteiger partial charge in [-0.3, -0.25) is 0 Å². The van der Waals surface area contributed by atoms with Gasteiger partial charge in [0.15, 0.2) is 0 Å². The Bertz CT molecular complexity index is 330. The number of rotatable bonds is 1. The number of hydrogen-bond donors (Lipinski definition) is 1. The van der Waals surface area contributed by atoms with Gasteiger partial charge in [-0.2, -0.15) is 0 Å². The molecule has 0 aliphatic carbocycles. The van der Waals surface area contributed by atoms with E-state index in [0.717, 1.165) is 18.4 Å². The normalized spacial score (nSPS) is 26.1. The Labute approximate surface area is 92.9 Å². The van der Waals surface area contributed by atoms with Crippen LogP contribution in [0.4, 0.5) is 0 Å². The Kier molecular flexibility index (Phi) is 3.11. The average Bonchev–Trinajstić information content (AvgIpc) is 2.39. The maximum atomic E-state index is 3.59. The summed E-state index contributed by atoms with van der Waals surface area (Å²) in [4.78, 5) is 0. The second-order valence-electron chi connectivity index (χ2n) is 4.94. The zero-order valence-corrected chi connectivity index (χ0v) is 9.96. The highest BCUT2D eigenvalue weighted by Crippen LogP contribution is 2.34. The molecule has 2 atom stereocenters. The lowest BCUT2D eigenvalue weighted by molar-refractivity contribution is 0.461. The van der Waals surface area contributed by atoms with Crippen LogP contribution < -0.4 is 5.32 Å². The molecule has 1 aromatic carbocycles. The maximum absolute atomic E-state index is 3.59. The van der Waals surface area contributed by atoms with Crippen LogP contribution in [0.5, 0.6) is 0 Å². The number of fused-ring (bicyclic) bond motifs is 1. The van der Waals surface area contributed by atoms with E-state index in [4.69, 9.17) is 0 Å². The number of nitrogens with one attached hydrogen (secondary N) is 1. The Balaban J connectivity index is 2.43. The van der Waals surface area contributed by atoms with Gasteiger partial charge in [-0.25, -0.2) is 0 Å². The summed E-state index contributed by atoms with van der Waals surface area (Å²) in [5, 5.41) is 3.59. The topological polar surface area (TPSA) is 12.0 Å². The molecule has 1 heterocycles. The Hall–Kier alpha value is -0.820. The highest BCUT2D eigenvalue weighted by molar-refractivity contribution is 5.34. The smallest absolute Gasteiger partial charge is 0.0294 e. The third-order valence-corrected chi connectivity index (χ3v) is 3.57. The minimum absolute atomic E-state index is 0.505. The standard InChI is InChI=1S/C14H21N/c1-10(2)12-8-9-15-11(3)13-6-4-5-7-14(12)13/h4-7,10-12,15H,8-9H2,1-3H3. The van der Waals surface area contributed by atoms with Crippen LogP contribution in [-0.2, 0) is 0 Å². The van der Waals surface area contributed by atoms with Crippen molar-refractivity contribution in [3.8, 4) is 0 Å². The van der Waals surface area contributed by atoms with E-state index in [-0.39, 0.29) is 0 Å². The zero-order chi connectivity index (χ0) is 10.8. The zero-order valence-electron chi connectivity index (χ0n) is 9.96. The van der Waals surface area contributed by atoms with Gasteiger partial charge in [-0.05, 0) is 42.9 Å². The Morgan fingerprint density at radius 2 is 1.87 bits per heavy atom. The minimum Gasteiger partial charge on any atom is -0.310 e. The molecule has 0 bridgehead atoms. The van der Waals surface area contributed by atoms with Gasteiger partial charge in [0.2, 0.25) is 0 Å². The molecule has 0 spiro atoms. The van der Waals surface area contributed by atoms with Crippen LogP contribution >= 0.6 is 0 Å². The van der Waals surface area contributed by atoms with E-state index in [2.05, 4.69) is 50.4 Å². The Morgan fingerprint density at radius 3 is 2.53 bits per heavy atom. The molecule has 1 aromatic rings. The second kappa shape index (κ2) is 4.36. The van der Waals surface area contributed by atoms with Crippen molar-refractivity contribution in [1.29, 1.82) is 0 Å². The maximum Gasteiger partial charge on any atom is 0.0294 e. The first-order valence-corrected chi connectivity index (χ1v) is 6.02. The molecule has 0 amide bonds. The van der Waals surface area contributed by atoms with Crippen molar-refractivity contribution in [2.75, 3.05) is 6.54 Å². The third kappa shape index (κ3) is 2.07. The first-order valence-electron chi connectivity index (χ1n) is 6.02. The van der Waals surface area contributed by atoms with Gasteiger partial charge in [-0.15, -0.1) is 0 Å². The van der Waals surface area contributed by atoms with E-state index in [0.29, 0.717) is 6.04 Å². The summed E-state index contributed by atoms with van der Waals surface area (Å²) >= 11 is 0. The fraction of sp³-hybridized carbons (Fsp3) is 0.571. The molecule has 2 unspecified atom stereocenters. The SMILES string of the molecule is CC1NCCC(C(C)C)c2ccccc21. The van der Waals surface area contributed by atoms with Crippen molar-refractivity contribution in [2.24, 2.45) is 5.92 Å². The van der Waals surface area contributed by atoms with E-state index in [1.807, 2.05) is 0 Å². The van der Waals surface area contributed by atoms with Crippen LogP contribution in [-0.4, -0.2) is 6.54 Å². The van der Waals surface area contributed by atoms with Gasteiger partial charge in [0.05, 0.1) is 0 Å². The molecule has 0 saturated heterocycles. The van der Waals surface area contributed by atoms with Gasteiger partial charge >= 0.3 is 0 Å². The van der Waals surface area contributed by atoms with Crippen LogP contribution in [0.2, 0.25) is 0 Å². The molecule has 0 fully saturated rings. The summed E-state index contributed by atoms with van der Waals surface area (Å²) in [5.74, 6) is 1.46. The largest absolute Gasteiger partial charge is 0.310 e. The first kappa shape index (κ1) is 10.7. The highest BCUT2D eigenvalue weighted by atomic mass is 14.9. The molecule has 1 aliphatic rings. The molecule has 15 heavy (non-hydrogen) atoms. The first-order chi connectivity index (χ1) is 7.20. The summed E-state index contributed by atoms with van der Waals surface area (Å²) in [6.07, 6.45) is 1.26. The second-order valence-corrected chi connectivity index (χ2v) is 4.94. The van der Waals surface area contributed by atoms with Crippen molar-refractivity contribution < 1.29 is 0 Å². The van der Waals surface area contributed by atoms with Crippen LogP contribution in [0.1, 0.15) is 50.3 Å². The molecule has 0 saturated carbocycles. The predicted molar refractivity (Wildman–Crippen MR) is 65.1 cm³/mol. The molecule has 2 rings (SSSR count). The van der Waals surface area contributed by atoms with E-state index >= 15 is 0 Å². The molecule has 1 N–H and O–H groups in total. The summed E-state index contributed by atoms with van der Waals surface area (Å²) in [7, 11) is 0. The van der Waals surface area contributed by atoms with Crippen LogP contribution in [0.3, 0.4) is 0 Å². The van der Waals surface area contributed by atoms with Crippen molar-refractivity contribution in [2.45, 2.75) is 39.2 Å². The lowest BCUT2D eigenvalue weighted by atomic mass is 9.83. The van der Waals surface area contributed by atoms with E-state index < -0.39 is 0 Å². The molecular weight excluding hydrogens is 182 g/mol. The van der Waals surface area contributed by atoms with Crippen LogP contribution in [0.25, 0.3) is 0 Å². The fourth-order valence-corrected chi connectivity index (χ4v) is 2.66. The molecule has 1 aliphatic heterocycles. The lowest BCUT2D eigenvalue weighted by Crippen LogP contribution is -2.17. The fourth-order valence-electron chi connectivity index (χ4n) is 2.66.